The van der Waals surface area contributed by atoms with Crippen molar-refractivity contribution in [2.45, 2.75) is 25.8 Å². The summed E-state index contributed by atoms with van der Waals surface area (Å²) in [7, 11) is 1.71. The van der Waals surface area contributed by atoms with E-state index in [0.717, 1.165) is 29.6 Å². The second-order valence-electron chi connectivity index (χ2n) is 4.31. The number of hydrogen-bond donors (Lipinski definition) is 1. The Morgan fingerprint density at radius 1 is 1.44 bits per heavy atom. The Kier molecular flexibility index (Phi) is 4.93. The van der Waals surface area contributed by atoms with E-state index in [1.165, 1.54) is 12.0 Å². The van der Waals surface area contributed by atoms with Crippen LogP contribution in [0.2, 0.25) is 0 Å². The molecule has 0 saturated carbocycles. The Bertz CT molecular complexity index is 420. The third kappa shape index (κ3) is 3.42. The lowest BCUT2D eigenvalue weighted by molar-refractivity contribution is 0.410. The number of aliphatic imine (C=N–C) groups is 1. The van der Waals surface area contributed by atoms with Gasteiger partial charge in [-0.1, -0.05) is 36.9 Å². The summed E-state index contributed by atoms with van der Waals surface area (Å²) in [5.41, 5.74) is 1.22. The van der Waals surface area contributed by atoms with Crippen LogP contribution < -0.4 is 10.1 Å². The third-order valence-corrected chi connectivity index (χ3v) is 4.16. The highest BCUT2D eigenvalue weighted by atomic mass is 32.2. The van der Waals surface area contributed by atoms with E-state index in [0.29, 0.717) is 6.04 Å². The molecule has 2 rings (SSSR count). The molecule has 1 N–H and O–H groups in total. The molecule has 1 aliphatic rings. The van der Waals surface area contributed by atoms with Gasteiger partial charge in [0.25, 0.3) is 0 Å². The summed E-state index contributed by atoms with van der Waals surface area (Å²) in [5, 5.41) is 4.53. The Labute approximate surface area is 113 Å². The molecular formula is C14H20N2OS. The second kappa shape index (κ2) is 6.69. The van der Waals surface area contributed by atoms with Crippen LogP contribution in [0, 0.1) is 0 Å². The van der Waals surface area contributed by atoms with Gasteiger partial charge in [0, 0.05) is 18.3 Å². The zero-order valence-corrected chi connectivity index (χ0v) is 11.8. The zero-order chi connectivity index (χ0) is 12.8. The molecule has 0 radical (unpaired) electrons. The first-order valence-corrected chi connectivity index (χ1v) is 7.37. The van der Waals surface area contributed by atoms with Crippen LogP contribution in [0.1, 0.15) is 18.9 Å². The van der Waals surface area contributed by atoms with E-state index in [2.05, 4.69) is 23.3 Å². The van der Waals surface area contributed by atoms with Gasteiger partial charge in [-0.3, -0.25) is 4.99 Å². The lowest BCUT2D eigenvalue weighted by Crippen LogP contribution is -2.25. The fraction of sp³-hybridized carbons (Fsp3) is 0.500. The number of nitrogens with one attached hydrogen (secondary N) is 1. The highest BCUT2D eigenvalue weighted by molar-refractivity contribution is 8.14. The molecule has 0 bridgehead atoms. The van der Waals surface area contributed by atoms with Crippen molar-refractivity contribution < 1.29 is 4.74 Å². The maximum atomic E-state index is 5.33. The average molecular weight is 264 g/mol. The van der Waals surface area contributed by atoms with E-state index in [1.807, 2.05) is 30.0 Å². The maximum absolute atomic E-state index is 5.33. The van der Waals surface area contributed by atoms with Gasteiger partial charge in [-0.05, 0) is 24.5 Å². The van der Waals surface area contributed by atoms with Crippen LogP contribution in [0.15, 0.2) is 29.3 Å². The topological polar surface area (TPSA) is 33.6 Å². The zero-order valence-electron chi connectivity index (χ0n) is 11.0. The second-order valence-corrected chi connectivity index (χ2v) is 5.32. The molecule has 1 aliphatic heterocycles. The van der Waals surface area contributed by atoms with Gasteiger partial charge in [0.1, 0.15) is 5.75 Å². The minimum Gasteiger partial charge on any atom is -0.496 e. The van der Waals surface area contributed by atoms with Crippen molar-refractivity contribution >= 4 is 16.9 Å². The SMILES string of the molecule is CCC1CSC(=NCCc2ccccc2OC)N1. The summed E-state index contributed by atoms with van der Waals surface area (Å²) in [6.07, 6.45) is 2.09. The predicted molar refractivity (Wildman–Crippen MR) is 78.7 cm³/mol. The maximum Gasteiger partial charge on any atom is 0.156 e. The van der Waals surface area contributed by atoms with Gasteiger partial charge >= 0.3 is 0 Å². The molecule has 1 unspecified atom stereocenters. The molecule has 3 nitrogen and oxygen atoms in total. The first-order chi connectivity index (χ1) is 8.83. The number of thioether (sulfide) groups is 1. The Morgan fingerprint density at radius 3 is 3.00 bits per heavy atom. The van der Waals surface area contributed by atoms with Gasteiger partial charge in [-0.25, -0.2) is 0 Å². The van der Waals surface area contributed by atoms with Gasteiger partial charge in [0.05, 0.1) is 7.11 Å². The molecule has 1 heterocycles. The van der Waals surface area contributed by atoms with Crippen LogP contribution in [-0.4, -0.2) is 30.6 Å². The summed E-state index contributed by atoms with van der Waals surface area (Å²) in [5.74, 6) is 2.10. The number of nitrogens with zero attached hydrogens (tertiary/aromatic N) is 1. The van der Waals surface area contributed by atoms with E-state index in [1.54, 1.807) is 7.11 Å². The number of rotatable bonds is 5. The van der Waals surface area contributed by atoms with Crippen LogP contribution in [0.4, 0.5) is 0 Å². The van der Waals surface area contributed by atoms with Crippen LogP contribution in [0.3, 0.4) is 0 Å². The summed E-state index contributed by atoms with van der Waals surface area (Å²) in [4.78, 5) is 4.61. The number of amidine groups is 1. The predicted octanol–water partition coefficient (Wildman–Crippen LogP) is 2.71. The molecule has 1 saturated heterocycles. The number of hydrogen-bond acceptors (Lipinski definition) is 3. The largest absolute Gasteiger partial charge is 0.496 e. The van der Waals surface area contributed by atoms with Crippen LogP contribution in [0.25, 0.3) is 0 Å². The van der Waals surface area contributed by atoms with Crippen LogP contribution in [0.5, 0.6) is 5.75 Å². The van der Waals surface area contributed by atoms with Gasteiger partial charge in [0.15, 0.2) is 5.17 Å². The molecular weight excluding hydrogens is 244 g/mol. The molecule has 1 atom stereocenters. The first-order valence-electron chi connectivity index (χ1n) is 6.39. The lowest BCUT2D eigenvalue weighted by atomic mass is 10.1. The Hall–Kier alpha value is -1.16. The summed E-state index contributed by atoms with van der Waals surface area (Å²) >= 11 is 1.83. The van der Waals surface area contributed by atoms with Crippen molar-refractivity contribution in [3.8, 4) is 5.75 Å². The van der Waals surface area contributed by atoms with Gasteiger partial charge in [-0.15, -0.1) is 0 Å². The highest BCUT2D eigenvalue weighted by Gasteiger charge is 2.17. The third-order valence-electron chi connectivity index (χ3n) is 3.07. The van der Waals surface area contributed by atoms with Crippen LogP contribution >= 0.6 is 11.8 Å². The summed E-state index contributed by atoms with van der Waals surface area (Å²) in [6.45, 7) is 3.02. The molecule has 0 aromatic heterocycles. The first kappa shape index (κ1) is 13.3. The van der Waals surface area contributed by atoms with Crippen molar-refractivity contribution in [1.82, 2.24) is 5.32 Å². The van der Waals surface area contributed by atoms with E-state index in [4.69, 9.17) is 4.74 Å². The number of benzene rings is 1. The molecule has 98 valence electrons. The van der Waals surface area contributed by atoms with Gasteiger partial charge in [0.2, 0.25) is 0 Å². The minimum absolute atomic E-state index is 0.597. The number of methoxy groups -OCH3 is 1. The number of ether oxygens (including phenoxy) is 1. The molecule has 1 aromatic carbocycles. The van der Waals surface area contributed by atoms with Gasteiger partial charge in [-0.2, -0.15) is 0 Å². The van der Waals surface area contributed by atoms with E-state index in [-0.39, 0.29) is 0 Å². The lowest BCUT2D eigenvalue weighted by Gasteiger charge is -2.07. The van der Waals surface area contributed by atoms with E-state index < -0.39 is 0 Å². The molecule has 4 heteroatoms. The van der Waals surface area contributed by atoms with E-state index in [9.17, 15) is 0 Å². The average Bonchev–Trinajstić information content (AvgIpc) is 2.87. The monoisotopic (exact) mass is 264 g/mol. The number of para-hydroxylation sites is 1. The van der Waals surface area contributed by atoms with E-state index >= 15 is 0 Å². The fourth-order valence-electron chi connectivity index (χ4n) is 1.94. The smallest absolute Gasteiger partial charge is 0.156 e. The summed E-state index contributed by atoms with van der Waals surface area (Å²) in [6, 6.07) is 8.73. The molecule has 0 aliphatic carbocycles. The molecule has 0 spiro atoms. The standard InChI is InChI=1S/C14H20N2OS/c1-3-12-10-18-14(16-12)15-9-8-11-6-4-5-7-13(11)17-2/h4-7,12H,3,8-10H2,1-2H3,(H,15,16). The summed E-state index contributed by atoms with van der Waals surface area (Å²) < 4.78 is 5.33. The molecule has 1 fully saturated rings. The molecule has 1 aromatic rings. The minimum atomic E-state index is 0.597. The van der Waals surface area contributed by atoms with Gasteiger partial charge < -0.3 is 10.1 Å². The molecule has 0 amide bonds. The normalized spacial score (nSPS) is 21.0. The van der Waals surface area contributed by atoms with Crippen LogP contribution in [-0.2, 0) is 6.42 Å². The Morgan fingerprint density at radius 2 is 2.28 bits per heavy atom. The van der Waals surface area contributed by atoms with Crippen molar-refractivity contribution in [2.75, 3.05) is 19.4 Å². The van der Waals surface area contributed by atoms with Crippen molar-refractivity contribution in [1.29, 1.82) is 0 Å². The Balaban J connectivity index is 1.87. The highest BCUT2D eigenvalue weighted by Crippen LogP contribution is 2.19. The quantitative estimate of drug-likeness (QED) is 0.888. The van der Waals surface area contributed by atoms with Crippen molar-refractivity contribution in [3.63, 3.8) is 0 Å². The van der Waals surface area contributed by atoms with Crippen molar-refractivity contribution in [2.24, 2.45) is 4.99 Å². The fourth-order valence-corrected chi connectivity index (χ4v) is 3.05. The van der Waals surface area contributed by atoms with Crippen molar-refractivity contribution in [3.05, 3.63) is 29.8 Å². The molecule has 18 heavy (non-hydrogen) atoms.